The quantitative estimate of drug-likeness (QED) is 0.355. The van der Waals surface area contributed by atoms with Crippen LogP contribution in [0.5, 0.6) is 11.5 Å². The van der Waals surface area contributed by atoms with Gasteiger partial charge in [0.2, 0.25) is 0 Å². The van der Waals surface area contributed by atoms with Crippen LogP contribution >= 0.6 is 23.2 Å². The highest BCUT2D eigenvalue weighted by atomic mass is 35.5. The maximum Gasteiger partial charge on any atom is 0.258 e. The molecule has 0 N–H and O–H groups in total. The average Bonchev–Trinajstić information content (AvgIpc) is 3.05. The fraction of sp³-hybridized carbons (Fsp3) is 0.192. The van der Waals surface area contributed by atoms with Gasteiger partial charge in [-0.15, -0.1) is 0 Å². The molecule has 0 saturated carbocycles. The van der Waals surface area contributed by atoms with Gasteiger partial charge in [-0.2, -0.15) is 0 Å². The highest BCUT2D eigenvalue weighted by Crippen LogP contribution is 2.38. The second-order valence-electron chi connectivity index (χ2n) is 7.47. The molecule has 1 aliphatic rings. The molecule has 0 atom stereocenters. The number of carbonyl (C=O) groups is 1. The molecule has 1 aliphatic heterocycles. The van der Waals surface area contributed by atoms with E-state index in [0.29, 0.717) is 33.7 Å². The second-order valence-corrected chi connectivity index (χ2v) is 8.31. The Morgan fingerprint density at radius 2 is 1.81 bits per heavy atom. The van der Waals surface area contributed by atoms with Gasteiger partial charge < -0.3 is 14.4 Å². The molecule has 1 heterocycles. The molecular formula is C26H23Cl2NO3. The largest absolute Gasteiger partial charge is 0.493 e. The van der Waals surface area contributed by atoms with Crippen LogP contribution in [0.4, 0.5) is 5.69 Å². The van der Waals surface area contributed by atoms with E-state index in [2.05, 4.69) is 6.92 Å². The van der Waals surface area contributed by atoms with Crippen molar-refractivity contribution in [1.82, 2.24) is 0 Å². The van der Waals surface area contributed by atoms with E-state index in [0.717, 1.165) is 28.8 Å². The summed E-state index contributed by atoms with van der Waals surface area (Å²) in [6.07, 6.45) is 2.80. The molecule has 1 amide bonds. The van der Waals surface area contributed by atoms with Crippen LogP contribution in [0.2, 0.25) is 10.0 Å². The minimum atomic E-state index is 0.0183. The van der Waals surface area contributed by atoms with Crippen LogP contribution in [0.15, 0.2) is 60.7 Å². The predicted molar refractivity (Wildman–Crippen MR) is 131 cm³/mol. The summed E-state index contributed by atoms with van der Waals surface area (Å²) in [4.78, 5) is 14.9. The molecule has 32 heavy (non-hydrogen) atoms. The lowest BCUT2D eigenvalue weighted by Crippen LogP contribution is -2.26. The van der Waals surface area contributed by atoms with Crippen molar-refractivity contribution in [2.24, 2.45) is 0 Å². The fourth-order valence-corrected chi connectivity index (χ4v) is 4.21. The van der Waals surface area contributed by atoms with Gasteiger partial charge in [-0.3, -0.25) is 4.79 Å². The number of halogens is 2. The fourth-order valence-electron chi connectivity index (χ4n) is 3.75. The van der Waals surface area contributed by atoms with Crippen molar-refractivity contribution in [2.75, 3.05) is 18.6 Å². The minimum Gasteiger partial charge on any atom is -0.493 e. The number of amides is 1. The lowest BCUT2D eigenvalue weighted by atomic mass is 10.0. The molecule has 0 bridgehead atoms. The Morgan fingerprint density at radius 1 is 1.00 bits per heavy atom. The van der Waals surface area contributed by atoms with Gasteiger partial charge in [0, 0.05) is 33.3 Å². The van der Waals surface area contributed by atoms with Gasteiger partial charge in [0.15, 0.2) is 11.5 Å². The summed E-state index contributed by atoms with van der Waals surface area (Å²) in [5.41, 5.74) is 4.27. The van der Waals surface area contributed by atoms with Crippen molar-refractivity contribution in [2.45, 2.75) is 20.0 Å². The van der Waals surface area contributed by atoms with Crippen molar-refractivity contribution < 1.29 is 14.3 Å². The highest BCUT2D eigenvalue weighted by molar-refractivity contribution is 6.36. The first kappa shape index (κ1) is 22.3. The van der Waals surface area contributed by atoms with Gasteiger partial charge in [-0.25, -0.2) is 0 Å². The molecule has 0 spiro atoms. The van der Waals surface area contributed by atoms with Gasteiger partial charge in [0.1, 0.15) is 6.61 Å². The van der Waals surface area contributed by atoms with Crippen molar-refractivity contribution in [1.29, 1.82) is 0 Å². The van der Waals surface area contributed by atoms with E-state index in [9.17, 15) is 4.79 Å². The average molecular weight is 468 g/mol. The van der Waals surface area contributed by atoms with Gasteiger partial charge in [-0.1, -0.05) is 60.5 Å². The normalized spacial score (nSPS) is 14.1. The lowest BCUT2D eigenvalue weighted by Gasteiger charge is -2.15. The number of carbonyl (C=O) groups excluding carboxylic acids is 1. The molecule has 4 nitrogen and oxygen atoms in total. The number of anilines is 1. The van der Waals surface area contributed by atoms with E-state index in [1.165, 1.54) is 0 Å². The number of rotatable bonds is 7. The maximum atomic E-state index is 13.1. The molecule has 0 fully saturated rings. The summed E-state index contributed by atoms with van der Waals surface area (Å²) in [7, 11) is 1.59. The third kappa shape index (κ3) is 4.47. The van der Waals surface area contributed by atoms with Crippen molar-refractivity contribution in [3.63, 3.8) is 0 Å². The second kappa shape index (κ2) is 9.68. The number of benzene rings is 3. The summed E-state index contributed by atoms with van der Waals surface area (Å²) in [5, 5.41) is 1.13. The smallest absolute Gasteiger partial charge is 0.258 e. The van der Waals surface area contributed by atoms with E-state index >= 15 is 0 Å². The van der Waals surface area contributed by atoms with Gasteiger partial charge in [-0.05, 0) is 48.4 Å². The molecule has 164 valence electrons. The summed E-state index contributed by atoms with van der Waals surface area (Å²) in [6.45, 7) is 3.04. The summed E-state index contributed by atoms with van der Waals surface area (Å²) in [5.74, 6) is 1.18. The molecule has 6 heteroatoms. The van der Waals surface area contributed by atoms with Gasteiger partial charge in [0.25, 0.3) is 5.91 Å². The van der Waals surface area contributed by atoms with Crippen LogP contribution < -0.4 is 14.4 Å². The van der Waals surface area contributed by atoms with E-state index in [1.807, 2.05) is 59.5 Å². The SMILES string of the molecule is CCCN1C(=O)/C(=C\c2ccc(OCc3ccc(Cl)cc3Cl)c(OC)c2)c2ccccc21. The predicted octanol–water partition coefficient (Wildman–Crippen LogP) is 6.88. The summed E-state index contributed by atoms with van der Waals surface area (Å²) in [6, 6.07) is 18.8. The van der Waals surface area contributed by atoms with Gasteiger partial charge >= 0.3 is 0 Å². The standard InChI is InChI=1S/C26H23Cl2NO3/c1-3-12-29-23-7-5-4-6-20(23)21(26(29)30)13-17-8-11-24(25(14-17)31-2)32-16-18-9-10-19(27)15-22(18)28/h4-11,13-15H,3,12,16H2,1-2H3/b21-13-. The molecule has 0 saturated heterocycles. The first-order valence-corrected chi connectivity index (χ1v) is 11.1. The molecule has 4 rings (SSSR count). The van der Waals surface area contributed by atoms with Crippen molar-refractivity contribution in [3.05, 3.63) is 87.4 Å². The number of hydrogen-bond donors (Lipinski definition) is 0. The van der Waals surface area contributed by atoms with E-state index in [4.69, 9.17) is 32.7 Å². The number of methoxy groups -OCH3 is 1. The van der Waals surface area contributed by atoms with Crippen LogP contribution in [-0.2, 0) is 11.4 Å². The Morgan fingerprint density at radius 3 is 2.56 bits per heavy atom. The van der Waals surface area contributed by atoms with Gasteiger partial charge in [0.05, 0.1) is 12.8 Å². The zero-order valence-corrected chi connectivity index (χ0v) is 19.4. The van der Waals surface area contributed by atoms with Crippen LogP contribution in [-0.4, -0.2) is 19.6 Å². The maximum absolute atomic E-state index is 13.1. The first-order valence-electron chi connectivity index (χ1n) is 10.4. The van der Waals surface area contributed by atoms with Crippen molar-refractivity contribution >= 4 is 46.4 Å². The molecule has 0 radical (unpaired) electrons. The number of para-hydroxylation sites is 1. The molecule has 0 aromatic heterocycles. The Kier molecular flexibility index (Phi) is 6.73. The zero-order valence-electron chi connectivity index (χ0n) is 17.9. The molecule has 3 aromatic carbocycles. The Bertz CT molecular complexity index is 1190. The molecule has 3 aromatic rings. The molecular weight excluding hydrogens is 445 g/mol. The highest BCUT2D eigenvalue weighted by Gasteiger charge is 2.31. The van der Waals surface area contributed by atoms with E-state index in [1.54, 1.807) is 19.2 Å². The summed E-state index contributed by atoms with van der Waals surface area (Å²) >= 11 is 12.2. The topological polar surface area (TPSA) is 38.8 Å². The number of hydrogen-bond acceptors (Lipinski definition) is 3. The third-order valence-electron chi connectivity index (χ3n) is 5.30. The number of nitrogens with zero attached hydrogens (tertiary/aromatic N) is 1. The minimum absolute atomic E-state index is 0.0183. The Hall–Kier alpha value is -2.95. The first-order chi connectivity index (χ1) is 15.5. The number of fused-ring (bicyclic) bond motifs is 1. The van der Waals surface area contributed by atoms with Crippen LogP contribution in [0.25, 0.3) is 11.6 Å². The monoisotopic (exact) mass is 467 g/mol. The van der Waals surface area contributed by atoms with E-state index in [-0.39, 0.29) is 12.5 Å². The van der Waals surface area contributed by atoms with Crippen molar-refractivity contribution in [3.8, 4) is 11.5 Å². The van der Waals surface area contributed by atoms with Crippen LogP contribution in [0.1, 0.15) is 30.0 Å². The Labute approximate surface area is 198 Å². The zero-order chi connectivity index (χ0) is 22.7. The number of ether oxygens (including phenoxy) is 2. The molecule has 0 unspecified atom stereocenters. The summed E-state index contributed by atoms with van der Waals surface area (Å²) < 4.78 is 11.5. The molecule has 0 aliphatic carbocycles. The van der Waals surface area contributed by atoms with E-state index < -0.39 is 0 Å². The van der Waals surface area contributed by atoms with Crippen LogP contribution in [0.3, 0.4) is 0 Å². The van der Waals surface area contributed by atoms with Crippen LogP contribution in [0, 0.1) is 0 Å². The third-order valence-corrected chi connectivity index (χ3v) is 5.89. The Balaban J connectivity index is 1.60. The lowest BCUT2D eigenvalue weighted by molar-refractivity contribution is -0.113.